The normalized spacial score (nSPS) is 9.53. The van der Waals surface area contributed by atoms with E-state index in [2.05, 4.69) is 21.7 Å². The van der Waals surface area contributed by atoms with Crippen LogP contribution in [0.15, 0.2) is 18.3 Å². The Labute approximate surface area is 113 Å². The Morgan fingerprint density at radius 3 is 2.79 bits per heavy atom. The molecule has 0 saturated carbocycles. The van der Waals surface area contributed by atoms with Crippen LogP contribution >= 0.6 is 0 Å². The highest BCUT2D eigenvalue weighted by Crippen LogP contribution is 2.08. The second-order valence-corrected chi connectivity index (χ2v) is 3.84. The molecule has 1 rings (SSSR count). The average Bonchev–Trinajstić information content (AvgIpc) is 2.45. The maximum atomic E-state index is 11.7. The van der Waals surface area contributed by atoms with Gasteiger partial charge < -0.3 is 15.5 Å². The quantitative estimate of drug-likeness (QED) is 0.759. The number of anilines is 1. The molecule has 0 aliphatic rings. The fraction of sp³-hybridized carbons (Fsp3) is 0.462. The number of carbonyl (C=O) groups is 1. The topological polar surface area (TPSA) is 81.1 Å². The number of urea groups is 1. The van der Waals surface area contributed by atoms with Crippen LogP contribution in [0.3, 0.4) is 0 Å². The van der Waals surface area contributed by atoms with Gasteiger partial charge in [0.25, 0.3) is 0 Å². The Hall–Kier alpha value is -2.29. The van der Waals surface area contributed by atoms with Crippen LogP contribution in [0.2, 0.25) is 0 Å². The molecule has 0 aliphatic carbocycles. The van der Waals surface area contributed by atoms with E-state index in [4.69, 9.17) is 5.26 Å². The lowest BCUT2D eigenvalue weighted by molar-refractivity contribution is 0.204. The molecule has 6 heteroatoms. The summed E-state index contributed by atoms with van der Waals surface area (Å²) in [5.41, 5.74) is 0.498. The van der Waals surface area contributed by atoms with Crippen LogP contribution in [0.5, 0.6) is 0 Å². The van der Waals surface area contributed by atoms with E-state index in [1.54, 1.807) is 23.2 Å². The molecule has 0 fully saturated rings. The fourth-order valence-electron chi connectivity index (χ4n) is 1.61. The van der Waals surface area contributed by atoms with Gasteiger partial charge in [-0.1, -0.05) is 0 Å². The van der Waals surface area contributed by atoms with Crippen molar-refractivity contribution in [2.24, 2.45) is 0 Å². The maximum absolute atomic E-state index is 11.7. The van der Waals surface area contributed by atoms with Crippen molar-refractivity contribution >= 4 is 11.8 Å². The van der Waals surface area contributed by atoms with Crippen LogP contribution in [-0.2, 0) is 0 Å². The van der Waals surface area contributed by atoms with E-state index < -0.39 is 0 Å². The standard InChI is InChI=1S/C13H19N5O/c1-3-18(4-2)13(19)17-9-8-16-12-11(10-14)6-5-7-15-12/h5-7H,3-4,8-9H2,1-2H3,(H,15,16)(H,17,19). The Morgan fingerprint density at radius 1 is 1.42 bits per heavy atom. The number of carbonyl (C=O) groups excluding carboxylic acids is 1. The summed E-state index contributed by atoms with van der Waals surface area (Å²) in [6.45, 7) is 6.27. The molecule has 2 N–H and O–H groups in total. The lowest BCUT2D eigenvalue weighted by Crippen LogP contribution is -2.41. The molecule has 0 radical (unpaired) electrons. The summed E-state index contributed by atoms with van der Waals surface area (Å²) in [6.07, 6.45) is 1.62. The first kappa shape index (κ1) is 14.8. The smallest absolute Gasteiger partial charge is 0.317 e. The minimum absolute atomic E-state index is 0.0756. The van der Waals surface area contributed by atoms with Crippen LogP contribution in [0, 0.1) is 11.3 Å². The zero-order chi connectivity index (χ0) is 14.1. The Balaban J connectivity index is 2.35. The molecule has 1 aromatic rings. The summed E-state index contributed by atoms with van der Waals surface area (Å²) in [5.74, 6) is 0.544. The van der Waals surface area contributed by atoms with Gasteiger partial charge in [0.15, 0.2) is 0 Å². The van der Waals surface area contributed by atoms with Crippen LogP contribution in [-0.4, -0.2) is 42.1 Å². The van der Waals surface area contributed by atoms with Gasteiger partial charge in [0.1, 0.15) is 11.9 Å². The average molecular weight is 261 g/mol. The largest absolute Gasteiger partial charge is 0.367 e. The Morgan fingerprint density at radius 2 is 2.16 bits per heavy atom. The minimum atomic E-state index is -0.0756. The minimum Gasteiger partial charge on any atom is -0.367 e. The van der Waals surface area contributed by atoms with Crippen molar-refractivity contribution in [1.82, 2.24) is 15.2 Å². The highest BCUT2D eigenvalue weighted by molar-refractivity contribution is 5.74. The maximum Gasteiger partial charge on any atom is 0.317 e. The summed E-state index contributed by atoms with van der Waals surface area (Å²) in [4.78, 5) is 17.4. The Kier molecular flexibility index (Phi) is 6.16. The third-order valence-corrected chi connectivity index (χ3v) is 2.67. The van der Waals surface area contributed by atoms with Gasteiger partial charge in [-0.2, -0.15) is 5.26 Å². The molecule has 0 saturated heterocycles. The van der Waals surface area contributed by atoms with E-state index in [1.165, 1.54) is 0 Å². The number of hydrogen-bond donors (Lipinski definition) is 2. The highest BCUT2D eigenvalue weighted by atomic mass is 16.2. The summed E-state index contributed by atoms with van der Waals surface area (Å²) < 4.78 is 0. The van der Waals surface area contributed by atoms with E-state index in [9.17, 15) is 4.79 Å². The lowest BCUT2D eigenvalue weighted by Gasteiger charge is -2.19. The first-order valence-electron chi connectivity index (χ1n) is 6.34. The summed E-state index contributed by atoms with van der Waals surface area (Å²) in [6, 6.07) is 5.40. The first-order valence-corrected chi connectivity index (χ1v) is 6.34. The predicted molar refractivity (Wildman–Crippen MR) is 73.8 cm³/mol. The van der Waals surface area contributed by atoms with Crippen molar-refractivity contribution in [3.05, 3.63) is 23.9 Å². The zero-order valence-corrected chi connectivity index (χ0v) is 11.3. The first-order chi connectivity index (χ1) is 9.22. The summed E-state index contributed by atoms with van der Waals surface area (Å²) >= 11 is 0. The molecule has 1 aromatic heterocycles. The predicted octanol–water partition coefficient (Wildman–Crippen LogP) is 1.42. The van der Waals surface area contributed by atoms with Gasteiger partial charge in [-0.15, -0.1) is 0 Å². The molecule has 0 bridgehead atoms. The van der Waals surface area contributed by atoms with E-state index in [1.807, 2.05) is 13.8 Å². The molecule has 0 atom stereocenters. The van der Waals surface area contributed by atoms with Gasteiger partial charge in [-0.3, -0.25) is 0 Å². The van der Waals surface area contributed by atoms with Crippen molar-refractivity contribution in [1.29, 1.82) is 5.26 Å². The van der Waals surface area contributed by atoms with Gasteiger partial charge in [0.05, 0.1) is 5.56 Å². The molecule has 1 heterocycles. The molecule has 102 valence electrons. The lowest BCUT2D eigenvalue weighted by atomic mass is 10.3. The number of nitrogens with one attached hydrogen (secondary N) is 2. The number of nitrogens with zero attached hydrogens (tertiary/aromatic N) is 3. The van der Waals surface area contributed by atoms with Crippen LogP contribution in [0.25, 0.3) is 0 Å². The van der Waals surface area contributed by atoms with Gasteiger partial charge >= 0.3 is 6.03 Å². The Bertz CT molecular complexity index is 451. The van der Waals surface area contributed by atoms with Crippen molar-refractivity contribution in [2.45, 2.75) is 13.8 Å². The van der Waals surface area contributed by atoms with Gasteiger partial charge in [0.2, 0.25) is 0 Å². The molecule has 0 spiro atoms. The molecular weight excluding hydrogens is 242 g/mol. The summed E-state index contributed by atoms with van der Waals surface area (Å²) in [5, 5.41) is 14.7. The molecule has 0 aromatic carbocycles. The van der Waals surface area contributed by atoms with Crippen LogP contribution in [0.4, 0.5) is 10.6 Å². The number of rotatable bonds is 6. The number of pyridine rings is 1. The highest BCUT2D eigenvalue weighted by Gasteiger charge is 2.07. The fourth-order valence-corrected chi connectivity index (χ4v) is 1.61. The monoisotopic (exact) mass is 261 g/mol. The molecule has 19 heavy (non-hydrogen) atoms. The van der Waals surface area contributed by atoms with Crippen LogP contribution in [0.1, 0.15) is 19.4 Å². The second kappa shape index (κ2) is 7.93. The molecular formula is C13H19N5O. The SMILES string of the molecule is CCN(CC)C(=O)NCCNc1ncccc1C#N. The number of amides is 2. The number of hydrogen-bond acceptors (Lipinski definition) is 4. The summed E-state index contributed by atoms with van der Waals surface area (Å²) in [7, 11) is 0. The van der Waals surface area contributed by atoms with Crippen molar-refractivity contribution < 1.29 is 4.79 Å². The number of nitriles is 1. The second-order valence-electron chi connectivity index (χ2n) is 3.84. The zero-order valence-electron chi connectivity index (χ0n) is 11.3. The molecule has 2 amide bonds. The van der Waals surface area contributed by atoms with Crippen molar-refractivity contribution in [3.8, 4) is 6.07 Å². The number of aromatic nitrogens is 1. The van der Waals surface area contributed by atoms with E-state index in [-0.39, 0.29) is 6.03 Å². The van der Waals surface area contributed by atoms with E-state index in [0.29, 0.717) is 37.6 Å². The van der Waals surface area contributed by atoms with Gasteiger partial charge in [-0.25, -0.2) is 9.78 Å². The van der Waals surface area contributed by atoms with Crippen molar-refractivity contribution in [3.63, 3.8) is 0 Å². The third kappa shape index (κ3) is 4.47. The molecule has 0 unspecified atom stereocenters. The third-order valence-electron chi connectivity index (χ3n) is 2.67. The molecule has 0 aliphatic heterocycles. The van der Waals surface area contributed by atoms with E-state index >= 15 is 0 Å². The van der Waals surface area contributed by atoms with Gasteiger partial charge in [-0.05, 0) is 26.0 Å². The van der Waals surface area contributed by atoms with Crippen molar-refractivity contribution in [2.75, 3.05) is 31.5 Å². The van der Waals surface area contributed by atoms with Crippen LogP contribution < -0.4 is 10.6 Å². The van der Waals surface area contributed by atoms with Gasteiger partial charge in [0, 0.05) is 32.4 Å². The molecule has 6 nitrogen and oxygen atoms in total. The van der Waals surface area contributed by atoms with E-state index in [0.717, 1.165) is 0 Å².